The predicted molar refractivity (Wildman–Crippen MR) is 152 cm³/mol. The van der Waals surface area contributed by atoms with E-state index in [0.29, 0.717) is 152 Å². The number of ether oxygens (including phenoxy) is 11. The minimum Gasteiger partial charge on any atom is -0.379 e. The molecule has 0 fully saturated rings. The first kappa shape index (κ1) is 40.7. The summed E-state index contributed by atoms with van der Waals surface area (Å²) >= 11 is 0. The number of carbonyl (C=O) groups is 2. The highest BCUT2D eigenvalue weighted by Crippen LogP contribution is 1.88. The third-order valence-electron chi connectivity index (χ3n) is 4.84. The Morgan fingerprint density at radius 3 is 0.905 bits per heavy atom. The van der Waals surface area contributed by atoms with E-state index in [-0.39, 0.29) is 25.5 Å². The van der Waals surface area contributed by atoms with Crippen molar-refractivity contribution in [3.05, 3.63) is 0 Å². The van der Waals surface area contributed by atoms with E-state index in [1.54, 1.807) is 0 Å². The monoisotopic (exact) mass is 614 g/mol. The highest BCUT2D eigenvalue weighted by Gasteiger charge is 2.00. The van der Waals surface area contributed by atoms with E-state index in [9.17, 15) is 9.59 Å². The smallest absolute Gasteiger partial charge is 0.222 e. The van der Waals surface area contributed by atoms with Crippen LogP contribution in [0.5, 0.6) is 0 Å². The van der Waals surface area contributed by atoms with E-state index in [1.807, 2.05) is 0 Å². The van der Waals surface area contributed by atoms with Gasteiger partial charge in [0.1, 0.15) is 6.29 Å². The summed E-state index contributed by atoms with van der Waals surface area (Å²) in [4.78, 5) is 21.4. The van der Waals surface area contributed by atoms with E-state index in [1.165, 1.54) is 0 Å². The second-order valence-electron chi connectivity index (χ2n) is 8.25. The Balaban J connectivity index is 3.06. The lowest BCUT2D eigenvalue weighted by Gasteiger charge is -2.09. The molecule has 0 aliphatic rings. The third kappa shape index (κ3) is 36.7. The molecule has 0 aromatic carbocycles. The molecule has 0 aliphatic heterocycles. The number of aldehydes is 1. The van der Waals surface area contributed by atoms with Crippen LogP contribution in [0.3, 0.4) is 0 Å². The van der Waals surface area contributed by atoms with E-state index in [0.717, 1.165) is 0 Å². The van der Waals surface area contributed by atoms with Gasteiger partial charge in [0, 0.05) is 13.0 Å². The van der Waals surface area contributed by atoms with Crippen LogP contribution in [0.4, 0.5) is 0 Å². The zero-order valence-electron chi connectivity index (χ0n) is 25.1. The fourth-order valence-corrected chi connectivity index (χ4v) is 2.79. The molecule has 250 valence electrons. The Labute approximate surface area is 250 Å². The molecule has 0 aliphatic carbocycles. The highest BCUT2D eigenvalue weighted by molar-refractivity contribution is 5.78. The van der Waals surface area contributed by atoms with Crippen molar-refractivity contribution in [1.29, 1.82) is 0 Å². The molecular weight excluding hydrogens is 560 g/mol. The summed E-state index contributed by atoms with van der Waals surface area (Å²) in [5.74, 6) is -0.214. The summed E-state index contributed by atoms with van der Waals surface area (Å²) in [6.07, 6.45) is 0.851. The fraction of sp³-hybridized carbons (Fsp3) is 0.926. The number of nitrogens with one attached hydrogen (secondary N) is 1. The molecule has 0 heterocycles. The molecule has 0 aromatic heterocycles. The number of hydrogen-bond acceptors (Lipinski definition) is 14. The van der Waals surface area contributed by atoms with Crippen molar-refractivity contribution in [3.63, 3.8) is 0 Å². The molecule has 0 spiro atoms. The van der Waals surface area contributed by atoms with Crippen molar-refractivity contribution in [2.24, 2.45) is 5.73 Å². The molecule has 0 saturated heterocycles. The third-order valence-corrected chi connectivity index (χ3v) is 4.84. The summed E-state index contributed by atoms with van der Waals surface area (Å²) in [6.45, 7) is 11.2. The lowest BCUT2D eigenvalue weighted by molar-refractivity contribution is -0.123. The van der Waals surface area contributed by atoms with Crippen LogP contribution in [0, 0.1) is 0 Å². The predicted octanol–water partition coefficient (Wildman–Crippen LogP) is -1.17. The van der Waals surface area contributed by atoms with Gasteiger partial charge in [-0.1, -0.05) is 0 Å². The Morgan fingerprint density at radius 1 is 0.429 bits per heavy atom. The molecule has 3 N–H and O–H groups in total. The molecule has 15 nitrogen and oxygen atoms in total. The second-order valence-corrected chi connectivity index (χ2v) is 8.25. The molecular formula is C27H54N2O13. The molecule has 42 heavy (non-hydrogen) atoms. The minimum absolute atomic E-state index is 0.0244. The van der Waals surface area contributed by atoms with Gasteiger partial charge in [-0.25, -0.2) is 0 Å². The number of hydrogen-bond donors (Lipinski definition) is 2. The molecule has 0 atom stereocenters. The van der Waals surface area contributed by atoms with E-state index >= 15 is 0 Å². The maximum atomic E-state index is 11.2. The molecule has 0 unspecified atom stereocenters. The van der Waals surface area contributed by atoms with Gasteiger partial charge < -0.3 is 68.0 Å². The van der Waals surface area contributed by atoms with Gasteiger partial charge in [-0.2, -0.15) is 0 Å². The van der Waals surface area contributed by atoms with E-state index in [4.69, 9.17) is 57.8 Å². The van der Waals surface area contributed by atoms with Gasteiger partial charge >= 0.3 is 0 Å². The van der Waals surface area contributed by atoms with Gasteiger partial charge in [-0.05, 0) is 0 Å². The molecule has 0 saturated carbocycles. The van der Waals surface area contributed by atoms with Crippen molar-refractivity contribution < 1.29 is 61.7 Å². The van der Waals surface area contributed by atoms with Gasteiger partial charge in [-0.3, -0.25) is 4.79 Å². The zero-order valence-corrected chi connectivity index (χ0v) is 25.1. The van der Waals surface area contributed by atoms with Crippen LogP contribution in [-0.4, -0.2) is 171 Å². The van der Waals surface area contributed by atoms with E-state index in [2.05, 4.69) is 5.32 Å². The van der Waals surface area contributed by atoms with Crippen LogP contribution in [0.25, 0.3) is 0 Å². The van der Waals surface area contributed by atoms with Crippen molar-refractivity contribution in [3.8, 4) is 0 Å². The first-order valence-electron chi connectivity index (χ1n) is 14.6. The zero-order chi connectivity index (χ0) is 30.4. The van der Waals surface area contributed by atoms with Crippen molar-refractivity contribution in [2.75, 3.05) is 158 Å². The van der Waals surface area contributed by atoms with E-state index < -0.39 is 0 Å². The van der Waals surface area contributed by atoms with Crippen molar-refractivity contribution in [2.45, 2.75) is 6.42 Å². The second kappa shape index (κ2) is 37.7. The van der Waals surface area contributed by atoms with Crippen LogP contribution < -0.4 is 11.1 Å². The topological polar surface area (TPSA) is 174 Å². The first-order valence-corrected chi connectivity index (χ1v) is 14.6. The number of carbonyl (C=O) groups excluding carboxylic acids is 2. The van der Waals surface area contributed by atoms with Crippen LogP contribution in [0.2, 0.25) is 0 Å². The Hall–Kier alpha value is -1.34. The van der Waals surface area contributed by atoms with Crippen LogP contribution in [-0.2, 0) is 61.7 Å². The van der Waals surface area contributed by atoms with Crippen LogP contribution in [0.15, 0.2) is 0 Å². The molecule has 0 radical (unpaired) electrons. The normalized spacial score (nSPS) is 11.3. The summed E-state index contributed by atoms with van der Waals surface area (Å²) in [7, 11) is 0. The Morgan fingerprint density at radius 2 is 0.667 bits per heavy atom. The molecule has 1 amide bonds. The number of amides is 1. The average Bonchev–Trinajstić information content (AvgIpc) is 3.00. The van der Waals surface area contributed by atoms with Crippen LogP contribution in [0.1, 0.15) is 6.42 Å². The maximum absolute atomic E-state index is 11.2. The summed E-state index contributed by atoms with van der Waals surface area (Å²) < 4.78 is 59.2. The largest absolute Gasteiger partial charge is 0.379 e. The van der Waals surface area contributed by atoms with Gasteiger partial charge in [0.2, 0.25) is 5.91 Å². The molecule has 15 heteroatoms. The standard InChI is InChI=1S/C27H54N2O13/c28-2-6-33-8-10-35-12-14-37-16-18-39-20-22-41-24-26-42-25-23-40-21-19-38-17-15-36-13-11-34-9-7-32-5-1-27(31)29-3-4-30/h4H,1-3,5-26,28H2,(H,29,31). The number of nitrogens with two attached hydrogens (primary N) is 1. The molecule has 0 rings (SSSR count). The minimum atomic E-state index is -0.214. The lowest BCUT2D eigenvalue weighted by Crippen LogP contribution is -2.26. The quantitative estimate of drug-likeness (QED) is 0.0633. The van der Waals surface area contributed by atoms with Crippen LogP contribution >= 0.6 is 0 Å². The maximum Gasteiger partial charge on any atom is 0.222 e. The number of rotatable bonds is 37. The Kier molecular flexibility index (Phi) is 36.5. The molecule has 0 bridgehead atoms. The summed E-state index contributed by atoms with van der Waals surface area (Å²) in [6, 6.07) is 0. The van der Waals surface area contributed by atoms with Gasteiger partial charge in [0.15, 0.2) is 0 Å². The SMILES string of the molecule is NCCOCCOCCOCCOCCOCCOCCOCCOCCOCCOCCOCCC(=O)NCC=O. The highest BCUT2D eigenvalue weighted by atomic mass is 16.6. The van der Waals surface area contributed by atoms with Gasteiger partial charge in [0.25, 0.3) is 0 Å². The molecule has 0 aromatic rings. The average molecular weight is 615 g/mol. The summed E-state index contributed by atoms with van der Waals surface area (Å²) in [5.41, 5.74) is 5.32. The Bertz CT molecular complexity index is 550. The van der Waals surface area contributed by atoms with Crippen molar-refractivity contribution >= 4 is 12.2 Å². The van der Waals surface area contributed by atoms with Gasteiger partial charge in [0.05, 0.1) is 152 Å². The summed E-state index contributed by atoms with van der Waals surface area (Å²) in [5, 5.41) is 2.44. The fourth-order valence-electron chi connectivity index (χ4n) is 2.79. The first-order chi connectivity index (χ1) is 20.8. The lowest BCUT2D eigenvalue weighted by atomic mass is 10.4. The van der Waals surface area contributed by atoms with Crippen molar-refractivity contribution in [1.82, 2.24) is 5.32 Å². The van der Waals surface area contributed by atoms with Gasteiger partial charge in [-0.15, -0.1) is 0 Å².